The van der Waals surface area contributed by atoms with E-state index >= 15 is 0 Å². The van der Waals surface area contributed by atoms with Gasteiger partial charge in [-0.25, -0.2) is 4.79 Å². The van der Waals surface area contributed by atoms with Crippen LogP contribution in [0.3, 0.4) is 0 Å². The van der Waals surface area contributed by atoms with Crippen molar-refractivity contribution < 1.29 is 14.3 Å². The van der Waals surface area contributed by atoms with Gasteiger partial charge in [0.15, 0.2) is 0 Å². The van der Waals surface area contributed by atoms with Crippen LogP contribution in [0, 0.1) is 0 Å². The molecule has 1 atom stereocenters. The Balaban J connectivity index is 2.55. The molecule has 0 unspecified atom stereocenters. The first-order chi connectivity index (χ1) is 10.1. The van der Waals surface area contributed by atoms with Crippen molar-refractivity contribution in [3.63, 3.8) is 0 Å². The predicted octanol–water partition coefficient (Wildman–Crippen LogP) is 1.62. The van der Waals surface area contributed by atoms with Gasteiger partial charge >= 0.3 is 6.09 Å². The Morgan fingerprint density at radius 2 is 1.91 bits per heavy atom. The first kappa shape index (κ1) is 18.5. The summed E-state index contributed by atoms with van der Waals surface area (Å²) < 4.78 is 5.41. The number of carbonyl (C=O) groups excluding carboxylic acids is 2. The lowest BCUT2D eigenvalue weighted by Gasteiger charge is -2.39. The molecular weight excluding hydrogens is 282 g/mol. The quantitative estimate of drug-likeness (QED) is 0.805. The highest BCUT2D eigenvalue weighted by molar-refractivity contribution is 5.88. The van der Waals surface area contributed by atoms with Crippen LogP contribution in [0.5, 0.6) is 0 Å². The lowest BCUT2D eigenvalue weighted by molar-refractivity contribution is -0.116. The smallest absolute Gasteiger partial charge is 0.410 e. The second-order valence-corrected chi connectivity index (χ2v) is 7.03. The van der Waals surface area contributed by atoms with E-state index in [2.05, 4.69) is 10.2 Å². The minimum atomic E-state index is -0.492. The van der Waals surface area contributed by atoms with Crippen LogP contribution in [-0.4, -0.2) is 66.7 Å². The van der Waals surface area contributed by atoms with E-state index in [0.717, 1.165) is 12.1 Å². The van der Waals surface area contributed by atoms with E-state index < -0.39 is 5.60 Å². The van der Waals surface area contributed by atoms with Crippen molar-refractivity contribution in [2.24, 2.45) is 0 Å². The van der Waals surface area contributed by atoms with Crippen LogP contribution in [0.15, 0.2) is 11.6 Å². The largest absolute Gasteiger partial charge is 0.444 e. The fraction of sp³-hybridized carbons (Fsp3) is 0.750. The molecule has 1 fully saturated rings. The SMILES string of the molecule is CC(C)=CC(=O)NC[C@H]1CN(C(=O)OC(C)(C)C)CCN1C. The fourth-order valence-electron chi connectivity index (χ4n) is 2.19. The summed E-state index contributed by atoms with van der Waals surface area (Å²) in [6, 6.07) is 0.0933. The average Bonchev–Trinajstić information content (AvgIpc) is 2.34. The number of nitrogens with zero attached hydrogens (tertiary/aromatic N) is 2. The van der Waals surface area contributed by atoms with Gasteiger partial charge in [-0.2, -0.15) is 0 Å². The van der Waals surface area contributed by atoms with Crippen molar-refractivity contribution >= 4 is 12.0 Å². The van der Waals surface area contributed by atoms with E-state index in [-0.39, 0.29) is 18.0 Å². The molecule has 0 spiro atoms. The molecule has 0 aromatic rings. The number of piperazine rings is 1. The summed E-state index contributed by atoms with van der Waals surface area (Å²) in [6.45, 7) is 11.8. The maximum Gasteiger partial charge on any atom is 0.410 e. The van der Waals surface area contributed by atoms with E-state index in [1.807, 2.05) is 41.7 Å². The molecule has 22 heavy (non-hydrogen) atoms. The maximum atomic E-state index is 12.1. The van der Waals surface area contributed by atoms with E-state index in [9.17, 15) is 9.59 Å². The summed E-state index contributed by atoms with van der Waals surface area (Å²) in [5.74, 6) is -0.0946. The zero-order chi connectivity index (χ0) is 16.9. The molecule has 6 nitrogen and oxygen atoms in total. The standard InChI is InChI=1S/C16H29N3O3/c1-12(2)9-14(20)17-10-13-11-19(8-7-18(13)6)15(21)22-16(3,4)5/h9,13H,7-8,10-11H2,1-6H3,(H,17,20)/t13-/m0/s1. The van der Waals surface area contributed by atoms with Crippen LogP contribution in [0.1, 0.15) is 34.6 Å². The van der Waals surface area contributed by atoms with Gasteiger partial charge in [0.1, 0.15) is 5.60 Å². The minimum absolute atomic E-state index is 0.0933. The zero-order valence-corrected chi connectivity index (χ0v) is 14.6. The van der Waals surface area contributed by atoms with E-state index in [1.54, 1.807) is 11.0 Å². The highest BCUT2D eigenvalue weighted by atomic mass is 16.6. The number of hydrogen-bond donors (Lipinski definition) is 1. The van der Waals surface area contributed by atoms with Crippen molar-refractivity contribution in [1.29, 1.82) is 0 Å². The summed E-state index contributed by atoms with van der Waals surface area (Å²) in [7, 11) is 2.00. The van der Waals surface area contributed by atoms with Gasteiger partial charge in [-0.05, 0) is 41.7 Å². The normalized spacial score (nSPS) is 19.5. The van der Waals surface area contributed by atoms with Crippen LogP contribution in [0.4, 0.5) is 4.79 Å². The Hall–Kier alpha value is -1.56. The maximum absolute atomic E-state index is 12.1. The molecular formula is C16H29N3O3. The summed E-state index contributed by atoms with van der Waals surface area (Å²) in [5.41, 5.74) is 0.470. The van der Waals surface area contributed by atoms with Gasteiger partial charge in [-0.1, -0.05) is 5.57 Å². The molecule has 6 heteroatoms. The van der Waals surface area contributed by atoms with Gasteiger partial charge in [0.25, 0.3) is 0 Å². The third kappa shape index (κ3) is 6.47. The van der Waals surface area contributed by atoms with Crippen LogP contribution in [0.25, 0.3) is 0 Å². The molecule has 126 valence electrons. The van der Waals surface area contributed by atoms with E-state index in [4.69, 9.17) is 4.74 Å². The van der Waals surface area contributed by atoms with Crippen LogP contribution in [-0.2, 0) is 9.53 Å². The first-order valence-electron chi connectivity index (χ1n) is 7.69. The summed E-state index contributed by atoms with van der Waals surface area (Å²) in [5, 5.41) is 2.89. The molecule has 0 radical (unpaired) electrons. The Morgan fingerprint density at radius 1 is 1.27 bits per heavy atom. The number of rotatable bonds is 3. The molecule has 0 aromatic heterocycles. The molecule has 1 rings (SSSR count). The molecule has 0 aromatic carbocycles. The molecule has 0 saturated carbocycles. The highest BCUT2D eigenvalue weighted by Gasteiger charge is 2.30. The van der Waals surface area contributed by atoms with Gasteiger partial charge in [-0.15, -0.1) is 0 Å². The van der Waals surface area contributed by atoms with Crippen LogP contribution < -0.4 is 5.32 Å². The Bertz CT molecular complexity index is 436. The van der Waals surface area contributed by atoms with Gasteiger partial charge in [-0.3, -0.25) is 9.69 Å². The second-order valence-electron chi connectivity index (χ2n) is 7.03. The molecule has 1 aliphatic heterocycles. The topological polar surface area (TPSA) is 61.9 Å². The van der Waals surface area contributed by atoms with Gasteiger partial charge in [0, 0.05) is 38.3 Å². The molecule has 2 amide bonds. The third-order valence-electron chi connectivity index (χ3n) is 3.36. The number of allylic oxidation sites excluding steroid dienone is 1. The first-order valence-corrected chi connectivity index (χ1v) is 7.69. The lowest BCUT2D eigenvalue weighted by Crippen LogP contribution is -2.57. The average molecular weight is 311 g/mol. The highest BCUT2D eigenvalue weighted by Crippen LogP contribution is 2.13. The van der Waals surface area contributed by atoms with Crippen molar-refractivity contribution in [3.05, 3.63) is 11.6 Å². The number of amides is 2. The third-order valence-corrected chi connectivity index (χ3v) is 3.36. The zero-order valence-electron chi connectivity index (χ0n) is 14.6. The lowest BCUT2D eigenvalue weighted by atomic mass is 10.1. The monoisotopic (exact) mass is 311 g/mol. The van der Waals surface area contributed by atoms with Gasteiger partial charge < -0.3 is 15.0 Å². The molecule has 1 aliphatic rings. The van der Waals surface area contributed by atoms with Crippen LogP contribution in [0.2, 0.25) is 0 Å². The van der Waals surface area contributed by atoms with Crippen molar-refractivity contribution in [1.82, 2.24) is 15.1 Å². The number of hydrogen-bond acceptors (Lipinski definition) is 4. The second kappa shape index (κ2) is 7.63. The van der Waals surface area contributed by atoms with Gasteiger partial charge in [0.2, 0.25) is 5.91 Å². The van der Waals surface area contributed by atoms with Crippen molar-refractivity contribution in [2.45, 2.75) is 46.3 Å². The number of likely N-dealkylation sites (N-methyl/N-ethyl adjacent to an activating group) is 1. The van der Waals surface area contributed by atoms with Crippen molar-refractivity contribution in [3.8, 4) is 0 Å². The van der Waals surface area contributed by atoms with E-state index in [1.165, 1.54) is 0 Å². The number of carbonyl (C=O) groups is 2. The molecule has 1 heterocycles. The Kier molecular flexibility index (Phi) is 6.41. The molecule has 1 N–H and O–H groups in total. The molecule has 0 bridgehead atoms. The Labute approximate surface area is 133 Å². The number of ether oxygens (including phenoxy) is 1. The van der Waals surface area contributed by atoms with Gasteiger partial charge in [0.05, 0.1) is 0 Å². The summed E-state index contributed by atoms with van der Waals surface area (Å²) >= 11 is 0. The molecule has 1 saturated heterocycles. The Morgan fingerprint density at radius 3 is 2.45 bits per heavy atom. The predicted molar refractivity (Wildman–Crippen MR) is 86.7 cm³/mol. The van der Waals surface area contributed by atoms with Crippen molar-refractivity contribution in [2.75, 3.05) is 33.2 Å². The van der Waals surface area contributed by atoms with E-state index in [0.29, 0.717) is 19.6 Å². The fourth-order valence-corrected chi connectivity index (χ4v) is 2.19. The minimum Gasteiger partial charge on any atom is -0.444 e. The van der Waals surface area contributed by atoms with Crippen LogP contribution >= 0.6 is 0 Å². The molecule has 0 aliphatic carbocycles. The number of nitrogens with one attached hydrogen (secondary N) is 1. The summed E-state index contributed by atoms with van der Waals surface area (Å²) in [4.78, 5) is 27.7. The summed E-state index contributed by atoms with van der Waals surface area (Å²) in [6.07, 6.45) is 1.29.